The smallest absolute Gasteiger partial charge is 0.150 e. The largest absolute Gasteiger partial charge is 0.382 e. The van der Waals surface area contributed by atoms with Crippen LogP contribution in [0.25, 0.3) is 11.3 Å². The number of hydrogen-bond acceptors (Lipinski definition) is 4. The second-order valence-corrected chi connectivity index (χ2v) is 3.67. The Balaban J connectivity index is 2.49. The summed E-state index contributed by atoms with van der Waals surface area (Å²) < 4.78 is 1.40. The van der Waals surface area contributed by atoms with Crippen molar-refractivity contribution in [3.05, 3.63) is 35.7 Å². The lowest BCUT2D eigenvalue weighted by Crippen LogP contribution is -2.14. The summed E-state index contributed by atoms with van der Waals surface area (Å²) >= 11 is 0. The van der Waals surface area contributed by atoms with Gasteiger partial charge in [0.15, 0.2) is 5.82 Å². The van der Waals surface area contributed by atoms with Gasteiger partial charge in [-0.15, -0.1) is 0 Å². The number of rotatable bonds is 2. The topological polar surface area (TPSA) is 93.6 Å². The Morgan fingerprint density at radius 1 is 1.35 bits per heavy atom. The van der Waals surface area contributed by atoms with E-state index >= 15 is 0 Å². The number of nitriles is 1. The Morgan fingerprint density at radius 3 is 2.47 bits per heavy atom. The van der Waals surface area contributed by atoms with Gasteiger partial charge >= 0.3 is 0 Å². The molecule has 17 heavy (non-hydrogen) atoms. The minimum Gasteiger partial charge on any atom is -0.382 e. The summed E-state index contributed by atoms with van der Waals surface area (Å²) in [5, 5.41) is 8.73. The highest BCUT2D eigenvalue weighted by Gasteiger charge is 2.12. The maximum absolute atomic E-state index is 8.73. The van der Waals surface area contributed by atoms with Gasteiger partial charge in [-0.25, -0.2) is 9.66 Å². The van der Waals surface area contributed by atoms with Gasteiger partial charge in [0, 0.05) is 12.0 Å². The van der Waals surface area contributed by atoms with Gasteiger partial charge in [0.1, 0.15) is 11.5 Å². The van der Waals surface area contributed by atoms with E-state index in [1.807, 2.05) is 19.1 Å². The Bertz CT molecular complexity index is 574. The Morgan fingerprint density at radius 2 is 2.00 bits per heavy atom. The Kier molecular flexibility index (Phi) is 2.71. The van der Waals surface area contributed by atoms with Crippen LogP contribution >= 0.6 is 0 Å². The zero-order valence-corrected chi connectivity index (χ0v) is 9.51. The SMILES string of the molecule is CCc1nc(-c2ccc(C#N)cc2)c(N)n1N. The predicted molar refractivity (Wildman–Crippen MR) is 66.3 cm³/mol. The maximum Gasteiger partial charge on any atom is 0.150 e. The highest BCUT2D eigenvalue weighted by atomic mass is 15.4. The van der Waals surface area contributed by atoms with Crippen molar-refractivity contribution in [2.45, 2.75) is 13.3 Å². The van der Waals surface area contributed by atoms with Crippen LogP contribution in [0.1, 0.15) is 18.3 Å². The molecule has 0 aliphatic rings. The molecule has 0 bridgehead atoms. The van der Waals surface area contributed by atoms with Gasteiger partial charge in [0.05, 0.1) is 11.6 Å². The van der Waals surface area contributed by atoms with Crippen molar-refractivity contribution in [3.63, 3.8) is 0 Å². The molecular weight excluding hydrogens is 214 g/mol. The molecule has 0 spiro atoms. The van der Waals surface area contributed by atoms with Crippen LogP contribution in [0.5, 0.6) is 0 Å². The van der Waals surface area contributed by atoms with Crippen molar-refractivity contribution in [2.24, 2.45) is 0 Å². The first kappa shape index (κ1) is 11.0. The molecular formula is C12H13N5. The molecule has 0 saturated heterocycles. The van der Waals surface area contributed by atoms with Crippen molar-refractivity contribution in [2.75, 3.05) is 11.6 Å². The van der Waals surface area contributed by atoms with E-state index in [9.17, 15) is 0 Å². The molecule has 2 rings (SSSR count). The van der Waals surface area contributed by atoms with Gasteiger partial charge in [-0.3, -0.25) is 0 Å². The number of benzene rings is 1. The molecule has 0 unspecified atom stereocenters. The standard InChI is InChI=1S/C12H13N5/c1-2-10-16-11(12(14)17(10)15)9-5-3-8(7-13)4-6-9/h3-6H,2,14-15H2,1H3. The predicted octanol–water partition coefficient (Wildman–Crippen LogP) is 1.28. The van der Waals surface area contributed by atoms with Crippen molar-refractivity contribution in [1.82, 2.24) is 9.66 Å². The summed E-state index contributed by atoms with van der Waals surface area (Å²) in [6.07, 6.45) is 0.719. The quantitative estimate of drug-likeness (QED) is 0.755. The van der Waals surface area contributed by atoms with Gasteiger partial charge in [-0.2, -0.15) is 5.26 Å². The van der Waals surface area contributed by atoms with Gasteiger partial charge in [-0.05, 0) is 12.1 Å². The van der Waals surface area contributed by atoms with Crippen LogP contribution in [0, 0.1) is 11.3 Å². The van der Waals surface area contributed by atoms with E-state index in [-0.39, 0.29) is 0 Å². The number of imidazole rings is 1. The van der Waals surface area contributed by atoms with Crippen LogP contribution in [0.3, 0.4) is 0 Å². The van der Waals surface area contributed by atoms with Gasteiger partial charge < -0.3 is 11.6 Å². The molecule has 0 saturated carbocycles. The third-order valence-electron chi connectivity index (χ3n) is 2.62. The zero-order chi connectivity index (χ0) is 12.4. The molecule has 0 amide bonds. The fourth-order valence-corrected chi connectivity index (χ4v) is 1.66. The molecule has 1 aromatic heterocycles. The molecule has 2 aromatic rings. The summed E-state index contributed by atoms with van der Waals surface area (Å²) in [7, 11) is 0. The average Bonchev–Trinajstić information content (AvgIpc) is 2.66. The molecule has 4 N–H and O–H groups in total. The van der Waals surface area contributed by atoms with E-state index in [1.54, 1.807) is 12.1 Å². The second kappa shape index (κ2) is 4.18. The summed E-state index contributed by atoms with van der Waals surface area (Å²) in [5.41, 5.74) is 8.02. The normalized spacial score (nSPS) is 10.1. The highest BCUT2D eigenvalue weighted by molar-refractivity contribution is 5.71. The van der Waals surface area contributed by atoms with Crippen molar-refractivity contribution in [1.29, 1.82) is 5.26 Å². The summed E-state index contributed by atoms with van der Waals surface area (Å²) in [6.45, 7) is 1.97. The number of nitrogens with zero attached hydrogens (tertiary/aromatic N) is 3. The lowest BCUT2D eigenvalue weighted by molar-refractivity contribution is 0.865. The second-order valence-electron chi connectivity index (χ2n) is 3.67. The Labute approximate surface area is 99.3 Å². The lowest BCUT2D eigenvalue weighted by Gasteiger charge is -2.00. The van der Waals surface area contributed by atoms with Crippen LogP contribution in [0.2, 0.25) is 0 Å². The van der Waals surface area contributed by atoms with E-state index in [0.717, 1.165) is 17.8 Å². The van der Waals surface area contributed by atoms with Crippen LogP contribution in [-0.4, -0.2) is 9.66 Å². The number of nitrogens with two attached hydrogens (primary N) is 2. The van der Waals surface area contributed by atoms with Crippen molar-refractivity contribution >= 4 is 5.82 Å². The van der Waals surface area contributed by atoms with Gasteiger partial charge in [0.2, 0.25) is 0 Å². The first-order valence-electron chi connectivity index (χ1n) is 5.30. The molecule has 5 nitrogen and oxygen atoms in total. The summed E-state index contributed by atoms with van der Waals surface area (Å²) in [6, 6.07) is 9.16. The fraction of sp³-hybridized carbons (Fsp3) is 0.167. The van der Waals surface area contributed by atoms with Gasteiger partial charge in [0.25, 0.3) is 0 Å². The van der Waals surface area contributed by atoms with E-state index in [4.69, 9.17) is 16.8 Å². The molecule has 0 radical (unpaired) electrons. The zero-order valence-electron chi connectivity index (χ0n) is 9.51. The lowest BCUT2D eigenvalue weighted by atomic mass is 10.1. The molecule has 1 aromatic carbocycles. The highest BCUT2D eigenvalue weighted by Crippen LogP contribution is 2.25. The monoisotopic (exact) mass is 227 g/mol. The Hall–Kier alpha value is -2.48. The third kappa shape index (κ3) is 1.81. The van der Waals surface area contributed by atoms with Crippen LogP contribution < -0.4 is 11.6 Å². The minimum absolute atomic E-state index is 0.437. The first-order chi connectivity index (χ1) is 8.17. The van der Waals surface area contributed by atoms with E-state index in [1.165, 1.54) is 4.68 Å². The summed E-state index contributed by atoms with van der Waals surface area (Å²) in [5.74, 6) is 6.96. The number of nitrogen functional groups attached to an aromatic ring is 2. The molecule has 1 heterocycles. The number of aromatic nitrogens is 2. The minimum atomic E-state index is 0.437. The molecule has 0 fully saturated rings. The number of aryl methyl sites for hydroxylation is 1. The number of hydrogen-bond donors (Lipinski definition) is 2. The van der Waals surface area contributed by atoms with Crippen molar-refractivity contribution < 1.29 is 0 Å². The molecule has 86 valence electrons. The van der Waals surface area contributed by atoms with E-state index in [0.29, 0.717) is 17.1 Å². The molecule has 0 aliphatic heterocycles. The molecule has 5 heteroatoms. The van der Waals surface area contributed by atoms with Crippen LogP contribution in [-0.2, 0) is 6.42 Å². The van der Waals surface area contributed by atoms with Crippen molar-refractivity contribution in [3.8, 4) is 17.3 Å². The maximum atomic E-state index is 8.73. The number of anilines is 1. The molecule has 0 aliphatic carbocycles. The van der Waals surface area contributed by atoms with Crippen LogP contribution in [0.4, 0.5) is 5.82 Å². The van der Waals surface area contributed by atoms with E-state index < -0.39 is 0 Å². The fourth-order valence-electron chi connectivity index (χ4n) is 1.66. The average molecular weight is 227 g/mol. The van der Waals surface area contributed by atoms with Crippen LogP contribution in [0.15, 0.2) is 24.3 Å². The molecule has 0 atom stereocenters. The summed E-state index contributed by atoms with van der Waals surface area (Å²) in [4.78, 5) is 4.38. The van der Waals surface area contributed by atoms with Gasteiger partial charge in [-0.1, -0.05) is 19.1 Å². The first-order valence-corrected chi connectivity index (χ1v) is 5.30. The van der Waals surface area contributed by atoms with E-state index in [2.05, 4.69) is 11.1 Å². The third-order valence-corrected chi connectivity index (χ3v) is 2.62.